The lowest BCUT2D eigenvalue weighted by atomic mass is 9.96. The Kier molecular flexibility index (Phi) is 9.82. The third kappa shape index (κ3) is 6.57. The Hall–Kier alpha value is -6.58. The number of hydrogen-bond donors (Lipinski definition) is 0. The molecule has 0 radical (unpaired) electrons. The Labute approximate surface area is 360 Å². The van der Waals surface area contributed by atoms with Gasteiger partial charge in [-0.15, -0.1) is 22.7 Å². The summed E-state index contributed by atoms with van der Waals surface area (Å²) in [6.45, 7) is 3.11. The molecule has 4 aliphatic heterocycles. The van der Waals surface area contributed by atoms with Crippen molar-refractivity contribution < 1.29 is 47.2 Å². The number of rotatable bonds is 8. The Bertz CT molecular complexity index is 2450. The van der Waals surface area contributed by atoms with Crippen molar-refractivity contribution in [3.8, 4) is 0 Å². The van der Waals surface area contributed by atoms with Crippen molar-refractivity contribution in [2.45, 2.75) is 25.2 Å². The fraction of sp³-hybridized carbons (Fsp3) is 0.366. The number of fused-ring (bicyclic) bond motifs is 2. The lowest BCUT2D eigenvalue weighted by Crippen LogP contribution is -2.66. The van der Waals surface area contributed by atoms with Gasteiger partial charge in [0.2, 0.25) is 11.6 Å². The number of ketones is 4. The smallest absolute Gasteiger partial charge is 0.289 e. The predicted molar refractivity (Wildman–Crippen MR) is 217 cm³/mol. The van der Waals surface area contributed by atoms with Crippen molar-refractivity contribution in [2.24, 2.45) is 0 Å². The molecule has 62 heavy (non-hydrogen) atoms. The van der Waals surface area contributed by atoms with E-state index in [4.69, 9.17) is 8.83 Å². The standard InChI is InChI=1S/C41H37N9O10S2/c1-44(28-6-8-49(28)22-20-24(51)34-30(32(22)53)42-36(61-34)40(57)47-14-10-45(11-15-47)38(55)26-4-2-18-59-26)29-7-9-50(29)23-21-25(52)35-31(33(23)54)43-37(62-35)41(58)48-16-12-46(13-17-48)39(56)27-5-3-19-60-27/h2-5,18-21,28-29H,6-17H2,1H3. The maximum absolute atomic E-state index is 13.9. The van der Waals surface area contributed by atoms with E-state index in [9.17, 15) is 38.4 Å². The molecule has 0 spiro atoms. The Morgan fingerprint density at radius 2 is 0.952 bits per heavy atom. The molecule has 318 valence electrons. The number of carbonyl (C=O) groups excluding carboxylic acids is 8. The van der Waals surface area contributed by atoms with Crippen molar-refractivity contribution >= 4 is 69.4 Å². The minimum absolute atomic E-state index is 0.0249. The van der Waals surface area contributed by atoms with Gasteiger partial charge in [-0.25, -0.2) is 9.97 Å². The summed E-state index contributed by atoms with van der Waals surface area (Å²) in [5, 5.41) is 0.0497. The first-order valence-electron chi connectivity index (χ1n) is 20.1. The van der Waals surface area contributed by atoms with E-state index >= 15 is 0 Å². The van der Waals surface area contributed by atoms with Crippen LogP contribution >= 0.6 is 22.7 Å². The zero-order valence-electron chi connectivity index (χ0n) is 33.2. The number of nitrogens with zero attached hydrogens (tertiary/aromatic N) is 9. The summed E-state index contributed by atoms with van der Waals surface area (Å²) in [4.78, 5) is 128. The van der Waals surface area contributed by atoms with Crippen LogP contribution in [0.4, 0.5) is 0 Å². The van der Waals surface area contributed by atoms with E-state index in [2.05, 4.69) is 9.97 Å². The van der Waals surface area contributed by atoms with Crippen LogP contribution in [0.15, 0.2) is 69.2 Å². The van der Waals surface area contributed by atoms with E-state index in [1.165, 1.54) is 24.7 Å². The maximum Gasteiger partial charge on any atom is 0.289 e. The third-order valence-corrected chi connectivity index (χ3v) is 14.3. The lowest BCUT2D eigenvalue weighted by molar-refractivity contribution is -0.0903. The molecule has 4 aromatic rings. The van der Waals surface area contributed by atoms with Crippen LogP contribution in [0.3, 0.4) is 0 Å². The number of piperazine rings is 2. The highest BCUT2D eigenvalue weighted by atomic mass is 32.1. The molecular formula is C41H37N9O10S2. The Morgan fingerprint density at radius 1 is 0.581 bits per heavy atom. The molecule has 4 amide bonds. The maximum atomic E-state index is 13.9. The first-order chi connectivity index (χ1) is 30.0. The predicted octanol–water partition coefficient (Wildman–Crippen LogP) is 2.20. The fourth-order valence-electron chi connectivity index (χ4n) is 8.61. The quantitative estimate of drug-likeness (QED) is 0.248. The van der Waals surface area contributed by atoms with Crippen LogP contribution in [-0.4, -0.2) is 176 Å². The number of likely N-dealkylation sites (tertiary alicyclic amines) is 2. The van der Waals surface area contributed by atoms with Gasteiger partial charge in [0.1, 0.15) is 21.1 Å². The number of Topliss-reactive ketones (excluding diaryl/α,β-unsaturated/α-hetero) is 2. The normalized spacial score (nSPS) is 21.4. The summed E-state index contributed by atoms with van der Waals surface area (Å²) < 4.78 is 10.4. The van der Waals surface area contributed by atoms with Crippen molar-refractivity contribution in [3.63, 3.8) is 0 Å². The molecule has 4 saturated heterocycles. The molecule has 8 heterocycles. The molecule has 10 rings (SSSR count). The molecule has 0 N–H and O–H groups in total. The fourth-order valence-corrected chi connectivity index (χ4v) is 10.5. The van der Waals surface area contributed by atoms with E-state index in [0.717, 1.165) is 22.7 Å². The number of furan rings is 2. The van der Waals surface area contributed by atoms with Crippen LogP contribution in [0.25, 0.3) is 0 Å². The van der Waals surface area contributed by atoms with Gasteiger partial charge in [0.05, 0.1) is 36.3 Å². The van der Waals surface area contributed by atoms with Crippen LogP contribution in [0.1, 0.15) is 93.9 Å². The minimum Gasteiger partial charge on any atom is -0.459 e. The second kappa shape index (κ2) is 15.4. The topological polar surface area (TPSA) is 211 Å². The second-order valence-corrected chi connectivity index (χ2v) is 17.6. The van der Waals surface area contributed by atoms with Crippen LogP contribution in [0.2, 0.25) is 0 Å². The van der Waals surface area contributed by atoms with Gasteiger partial charge in [-0.3, -0.25) is 43.3 Å². The van der Waals surface area contributed by atoms with Gasteiger partial charge in [0, 0.05) is 77.6 Å². The molecule has 0 saturated carbocycles. The SMILES string of the molecule is CN(C1CCN1C1=CC(=O)c2sc(C(=O)N3CCN(C(=O)c4ccco4)CC3)nc2C1=O)C1CCN1C1=CC(=O)c2sc(C(=O)N3CCN(C(=O)c4ccco4)CC3)nc2C1=O. The summed E-state index contributed by atoms with van der Waals surface area (Å²) in [5.41, 5.74) is 0.205. The van der Waals surface area contributed by atoms with Crippen LogP contribution in [0, 0.1) is 0 Å². The molecular weight excluding hydrogens is 843 g/mol. The molecule has 4 fully saturated rings. The molecule has 2 atom stereocenters. The second-order valence-electron chi connectivity index (χ2n) is 15.6. The van der Waals surface area contributed by atoms with Crippen LogP contribution in [-0.2, 0) is 0 Å². The highest BCUT2D eigenvalue weighted by Gasteiger charge is 2.47. The molecule has 2 aliphatic carbocycles. The van der Waals surface area contributed by atoms with Crippen molar-refractivity contribution in [1.29, 1.82) is 0 Å². The zero-order valence-corrected chi connectivity index (χ0v) is 34.8. The number of hydrogen-bond acceptors (Lipinski definition) is 17. The van der Waals surface area contributed by atoms with E-state index in [0.29, 0.717) is 25.9 Å². The van der Waals surface area contributed by atoms with Gasteiger partial charge in [0.25, 0.3) is 23.6 Å². The number of carbonyl (C=O) groups is 8. The summed E-state index contributed by atoms with van der Waals surface area (Å²) in [7, 11) is 1.86. The van der Waals surface area contributed by atoms with E-state index in [1.54, 1.807) is 43.9 Å². The molecule has 4 aromatic heterocycles. The summed E-state index contributed by atoms with van der Waals surface area (Å²) >= 11 is 1.77. The average Bonchev–Trinajstić information content (AvgIpc) is 4.10. The van der Waals surface area contributed by atoms with Crippen LogP contribution < -0.4 is 0 Å². The molecule has 6 aliphatic rings. The van der Waals surface area contributed by atoms with Gasteiger partial charge in [-0.05, 0) is 44.2 Å². The molecule has 0 bridgehead atoms. The van der Waals surface area contributed by atoms with E-state index in [1.807, 2.05) is 21.7 Å². The first kappa shape index (κ1) is 39.5. The number of amides is 4. The van der Waals surface area contributed by atoms with Gasteiger partial charge in [-0.2, -0.15) is 0 Å². The summed E-state index contributed by atoms with van der Waals surface area (Å²) in [6, 6.07) is 6.43. The number of aromatic nitrogens is 2. The lowest BCUT2D eigenvalue weighted by Gasteiger charge is -2.56. The van der Waals surface area contributed by atoms with Crippen molar-refractivity contribution in [1.82, 2.24) is 44.3 Å². The van der Waals surface area contributed by atoms with Crippen molar-refractivity contribution in [2.75, 3.05) is 72.5 Å². The number of allylic oxidation sites excluding steroid dienone is 4. The number of thiazole rings is 2. The zero-order chi connectivity index (χ0) is 43.0. The van der Waals surface area contributed by atoms with Crippen molar-refractivity contribution in [3.05, 3.63) is 103 Å². The largest absolute Gasteiger partial charge is 0.459 e. The summed E-state index contributed by atoms with van der Waals surface area (Å²) in [5.74, 6) is -2.70. The highest BCUT2D eigenvalue weighted by Crippen LogP contribution is 2.39. The average molecular weight is 880 g/mol. The van der Waals surface area contributed by atoms with E-state index < -0.39 is 34.9 Å². The molecule has 19 nitrogen and oxygen atoms in total. The molecule has 0 aromatic carbocycles. The highest BCUT2D eigenvalue weighted by molar-refractivity contribution is 7.16. The minimum atomic E-state index is -0.464. The monoisotopic (exact) mass is 879 g/mol. The van der Waals surface area contributed by atoms with Gasteiger partial charge in [0.15, 0.2) is 33.1 Å². The van der Waals surface area contributed by atoms with Gasteiger partial charge >= 0.3 is 0 Å². The Balaban J connectivity index is 0.769. The van der Waals surface area contributed by atoms with Crippen LogP contribution in [0.5, 0.6) is 0 Å². The molecule has 2 unspecified atom stereocenters. The summed E-state index contributed by atoms with van der Waals surface area (Å²) in [6.07, 6.45) is 6.10. The first-order valence-corrected chi connectivity index (χ1v) is 21.7. The van der Waals surface area contributed by atoms with Gasteiger partial charge < -0.3 is 38.2 Å². The third-order valence-electron chi connectivity index (χ3n) is 12.2. The Morgan fingerprint density at radius 3 is 1.27 bits per heavy atom. The van der Waals surface area contributed by atoms with Gasteiger partial charge in [-0.1, -0.05) is 0 Å². The van der Waals surface area contributed by atoms with E-state index in [-0.39, 0.29) is 131 Å². The molecule has 21 heteroatoms.